The van der Waals surface area contributed by atoms with Crippen molar-refractivity contribution in [3.63, 3.8) is 0 Å². The molecule has 2 heteroatoms. The molecule has 0 aliphatic heterocycles. The second kappa shape index (κ2) is 6.25. The summed E-state index contributed by atoms with van der Waals surface area (Å²) in [6.07, 6.45) is 5.69. The van der Waals surface area contributed by atoms with E-state index in [4.69, 9.17) is 0 Å². The zero-order chi connectivity index (χ0) is 14.6. The zero-order valence-corrected chi connectivity index (χ0v) is 12.8. The molecule has 0 spiro atoms. The first-order valence-corrected chi connectivity index (χ1v) is 7.57. The first-order chi connectivity index (χ1) is 9.53. The molecule has 1 N–H and O–H groups in total. The van der Waals surface area contributed by atoms with Crippen molar-refractivity contribution >= 4 is 11.5 Å². The van der Waals surface area contributed by atoms with Crippen molar-refractivity contribution in [1.29, 1.82) is 0 Å². The van der Waals surface area contributed by atoms with Crippen molar-refractivity contribution in [1.82, 2.24) is 0 Å². The van der Waals surface area contributed by atoms with E-state index in [1.54, 1.807) is 0 Å². The van der Waals surface area contributed by atoms with Gasteiger partial charge in [0.1, 0.15) is 0 Å². The van der Waals surface area contributed by atoms with Crippen LogP contribution in [0.2, 0.25) is 0 Å². The van der Waals surface area contributed by atoms with Gasteiger partial charge in [-0.05, 0) is 36.3 Å². The van der Waals surface area contributed by atoms with Crippen LogP contribution < -0.4 is 5.32 Å². The highest BCUT2D eigenvalue weighted by Crippen LogP contribution is 2.41. The predicted octanol–water partition coefficient (Wildman–Crippen LogP) is 4.79. The lowest BCUT2D eigenvalue weighted by molar-refractivity contribution is -0.117. The number of para-hydroxylation sites is 1. The number of carbonyl (C=O) groups excluding carboxylic acids is 1. The lowest BCUT2D eigenvalue weighted by Gasteiger charge is -2.36. The standard InChI is InChI=1S/C18H25NO/c1-4-18(2,3)15-10-11-17(20)14(12-15)13-19-16-8-6-5-7-9-16/h5-9,13,15,19H,4,10-12H2,1-3H3/b14-13+/t15-/m1/s1. The van der Waals surface area contributed by atoms with Crippen LogP contribution in [0, 0.1) is 11.3 Å². The Morgan fingerprint density at radius 3 is 2.65 bits per heavy atom. The van der Waals surface area contributed by atoms with Gasteiger partial charge >= 0.3 is 0 Å². The number of hydrogen-bond acceptors (Lipinski definition) is 2. The molecule has 0 saturated heterocycles. The average Bonchev–Trinajstić information content (AvgIpc) is 2.47. The van der Waals surface area contributed by atoms with Crippen molar-refractivity contribution in [3.8, 4) is 0 Å². The Morgan fingerprint density at radius 1 is 1.30 bits per heavy atom. The van der Waals surface area contributed by atoms with Crippen LogP contribution in [0.3, 0.4) is 0 Å². The van der Waals surface area contributed by atoms with E-state index in [-0.39, 0.29) is 0 Å². The molecule has 20 heavy (non-hydrogen) atoms. The minimum absolute atomic E-state index is 0.302. The van der Waals surface area contributed by atoms with Gasteiger partial charge in [0.15, 0.2) is 5.78 Å². The summed E-state index contributed by atoms with van der Waals surface area (Å²) in [5.41, 5.74) is 2.29. The smallest absolute Gasteiger partial charge is 0.160 e. The Hall–Kier alpha value is -1.57. The van der Waals surface area contributed by atoms with Gasteiger partial charge < -0.3 is 5.32 Å². The van der Waals surface area contributed by atoms with E-state index in [0.717, 1.165) is 30.5 Å². The van der Waals surface area contributed by atoms with Gasteiger partial charge in [-0.25, -0.2) is 0 Å². The number of rotatable bonds is 4. The molecule has 2 rings (SSSR count). The molecule has 1 aliphatic carbocycles. The number of nitrogens with one attached hydrogen (secondary N) is 1. The summed E-state index contributed by atoms with van der Waals surface area (Å²) in [7, 11) is 0. The number of carbonyl (C=O) groups is 1. The minimum Gasteiger partial charge on any atom is -0.361 e. The molecule has 108 valence electrons. The quantitative estimate of drug-likeness (QED) is 0.798. The highest BCUT2D eigenvalue weighted by atomic mass is 16.1. The lowest BCUT2D eigenvalue weighted by atomic mass is 9.68. The van der Waals surface area contributed by atoms with Crippen LogP contribution in [-0.2, 0) is 4.79 Å². The fraction of sp³-hybridized carbons (Fsp3) is 0.500. The van der Waals surface area contributed by atoms with Gasteiger partial charge in [0.05, 0.1) is 0 Å². The Bertz CT molecular complexity index is 487. The summed E-state index contributed by atoms with van der Waals surface area (Å²) < 4.78 is 0. The number of hydrogen-bond donors (Lipinski definition) is 1. The maximum atomic E-state index is 12.1. The molecule has 1 aromatic carbocycles. The van der Waals surface area contributed by atoms with Crippen LogP contribution in [0.15, 0.2) is 42.1 Å². The van der Waals surface area contributed by atoms with Gasteiger partial charge in [-0.3, -0.25) is 4.79 Å². The van der Waals surface area contributed by atoms with Gasteiger partial charge in [0.25, 0.3) is 0 Å². The van der Waals surface area contributed by atoms with Crippen LogP contribution in [0.25, 0.3) is 0 Å². The van der Waals surface area contributed by atoms with E-state index in [1.165, 1.54) is 0 Å². The van der Waals surface area contributed by atoms with Crippen molar-refractivity contribution in [3.05, 3.63) is 42.1 Å². The van der Waals surface area contributed by atoms with Crippen LogP contribution in [0.5, 0.6) is 0 Å². The Labute approximate surface area is 122 Å². The molecule has 0 unspecified atom stereocenters. The summed E-state index contributed by atoms with van der Waals surface area (Å²) in [5.74, 6) is 0.908. The summed E-state index contributed by atoms with van der Waals surface area (Å²) >= 11 is 0. The molecule has 1 aliphatic rings. The second-order valence-electron chi connectivity index (χ2n) is 6.38. The van der Waals surface area contributed by atoms with E-state index in [0.29, 0.717) is 23.5 Å². The van der Waals surface area contributed by atoms with Crippen LogP contribution in [0.1, 0.15) is 46.5 Å². The van der Waals surface area contributed by atoms with Crippen molar-refractivity contribution < 1.29 is 4.79 Å². The molecule has 0 amide bonds. The molecule has 1 aromatic rings. The lowest BCUT2D eigenvalue weighted by Crippen LogP contribution is -2.29. The SMILES string of the molecule is CCC(C)(C)[C@@H]1CCC(=O)/C(=C/Nc2ccccc2)C1. The highest BCUT2D eigenvalue weighted by Gasteiger charge is 2.33. The van der Waals surface area contributed by atoms with Gasteiger partial charge in [-0.1, -0.05) is 45.4 Å². The molecule has 0 bridgehead atoms. The molecular weight excluding hydrogens is 246 g/mol. The van der Waals surface area contributed by atoms with Crippen LogP contribution >= 0.6 is 0 Å². The van der Waals surface area contributed by atoms with E-state index in [1.807, 2.05) is 36.5 Å². The fourth-order valence-electron chi connectivity index (χ4n) is 2.75. The monoisotopic (exact) mass is 271 g/mol. The van der Waals surface area contributed by atoms with Crippen LogP contribution in [0.4, 0.5) is 5.69 Å². The van der Waals surface area contributed by atoms with Crippen molar-refractivity contribution in [2.24, 2.45) is 11.3 Å². The minimum atomic E-state index is 0.302. The first kappa shape index (κ1) is 14.8. The third kappa shape index (κ3) is 3.50. The van der Waals surface area contributed by atoms with E-state index >= 15 is 0 Å². The van der Waals surface area contributed by atoms with Crippen molar-refractivity contribution in [2.45, 2.75) is 46.5 Å². The maximum Gasteiger partial charge on any atom is 0.160 e. The largest absolute Gasteiger partial charge is 0.361 e. The molecule has 1 atom stereocenters. The summed E-state index contributed by atoms with van der Waals surface area (Å²) in [4.78, 5) is 12.1. The summed E-state index contributed by atoms with van der Waals surface area (Å²) in [6.45, 7) is 6.87. The van der Waals surface area contributed by atoms with Crippen molar-refractivity contribution in [2.75, 3.05) is 5.32 Å². The molecular formula is C18H25NO. The second-order valence-corrected chi connectivity index (χ2v) is 6.38. The molecule has 0 aromatic heterocycles. The van der Waals surface area contributed by atoms with E-state index < -0.39 is 0 Å². The van der Waals surface area contributed by atoms with E-state index in [9.17, 15) is 4.79 Å². The topological polar surface area (TPSA) is 29.1 Å². The van der Waals surface area contributed by atoms with Gasteiger partial charge in [-0.15, -0.1) is 0 Å². The van der Waals surface area contributed by atoms with Gasteiger partial charge in [0.2, 0.25) is 0 Å². The van der Waals surface area contributed by atoms with E-state index in [2.05, 4.69) is 26.1 Å². The Balaban J connectivity index is 2.07. The third-order valence-corrected chi connectivity index (χ3v) is 4.75. The number of Topliss-reactive ketones (excluding diaryl/α,β-unsaturated/α-hetero) is 1. The average molecular weight is 271 g/mol. The molecule has 1 saturated carbocycles. The fourth-order valence-corrected chi connectivity index (χ4v) is 2.75. The molecule has 2 nitrogen and oxygen atoms in total. The normalized spacial score (nSPS) is 22.1. The Morgan fingerprint density at radius 2 is 2.00 bits per heavy atom. The highest BCUT2D eigenvalue weighted by molar-refractivity contribution is 5.96. The first-order valence-electron chi connectivity index (χ1n) is 7.57. The number of ketones is 1. The number of allylic oxidation sites excluding steroid dienone is 1. The molecule has 0 heterocycles. The predicted molar refractivity (Wildman–Crippen MR) is 84.6 cm³/mol. The van der Waals surface area contributed by atoms with Crippen LogP contribution in [-0.4, -0.2) is 5.78 Å². The molecule has 1 fully saturated rings. The molecule has 0 radical (unpaired) electrons. The number of anilines is 1. The van der Waals surface area contributed by atoms with Gasteiger partial charge in [0, 0.05) is 23.9 Å². The Kier molecular flexibility index (Phi) is 4.64. The zero-order valence-electron chi connectivity index (χ0n) is 12.8. The summed E-state index contributed by atoms with van der Waals surface area (Å²) in [6, 6.07) is 10.00. The maximum absolute atomic E-state index is 12.1. The third-order valence-electron chi connectivity index (χ3n) is 4.75. The number of benzene rings is 1. The van der Waals surface area contributed by atoms with Gasteiger partial charge in [-0.2, -0.15) is 0 Å². The summed E-state index contributed by atoms with van der Waals surface area (Å²) in [5, 5.41) is 3.25.